The summed E-state index contributed by atoms with van der Waals surface area (Å²) in [7, 11) is -1.64. The number of piperazine rings is 1. The lowest BCUT2D eigenvalue weighted by atomic mass is 10.2. The van der Waals surface area contributed by atoms with Crippen LogP contribution in [-0.4, -0.2) is 54.3 Å². The Kier molecular flexibility index (Phi) is 4.47. The normalized spacial score (nSPS) is 16.3. The van der Waals surface area contributed by atoms with Crippen molar-refractivity contribution in [1.82, 2.24) is 13.8 Å². The van der Waals surface area contributed by atoms with Gasteiger partial charge >= 0.3 is 0 Å². The topological polar surface area (TPSA) is 62.6 Å². The van der Waals surface area contributed by atoms with Gasteiger partial charge in [-0.3, -0.25) is 4.79 Å². The lowest BCUT2D eigenvalue weighted by Crippen LogP contribution is -2.50. The molecule has 1 saturated heterocycles. The molecule has 1 aromatic carbocycles. The van der Waals surface area contributed by atoms with Gasteiger partial charge in [0.2, 0.25) is 10.0 Å². The highest BCUT2D eigenvalue weighted by Crippen LogP contribution is 2.19. The largest absolute Gasteiger partial charge is 0.356 e. The van der Waals surface area contributed by atoms with E-state index in [1.165, 1.54) is 4.31 Å². The van der Waals surface area contributed by atoms with E-state index in [0.29, 0.717) is 36.6 Å². The van der Waals surface area contributed by atoms with Gasteiger partial charge in [0, 0.05) is 45.6 Å². The van der Waals surface area contributed by atoms with Crippen molar-refractivity contribution in [1.29, 1.82) is 0 Å². The SMILES string of the molecule is Cc1cccc(S(=O)(=O)N2CCN(C(=O)c3ccn(C)c3)CC2)c1. The molecule has 2 heterocycles. The first-order valence-corrected chi connectivity index (χ1v) is 9.30. The molecule has 2 aromatic rings. The van der Waals surface area contributed by atoms with Crippen molar-refractivity contribution >= 4 is 15.9 Å². The van der Waals surface area contributed by atoms with Crippen molar-refractivity contribution in [2.24, 2.45) is 7.05 Å². The third kappa shape index (κ3) is 3.22. The summed E-state index contributed by atoms with van der Waals surface area (Å²) in [6.07, 6.45) is 3.60. The minimum absolute atomic E-state index is 0.0526. The molecule has 0 radical (unpaired) electrons. The molecule has 0 N–H and O–H groups in total. The zero-order valence-corrected chi connectivity index (χ0v) is 14.7. The number of hydrogen-bond donors (Lipinski definition) is 0. The first-order chi connectivity index (χ1) is 11.4. The molecule has 128 valence electrons. The molecule has 1 fully saturated rings. The molecule has 0 saturated carbocycles. The molecule has 0 unspecified atom stereocenters. The van der Waals surface area contributed by atoms with Crippen molar-refractivity contribution in [2.75, 3.05) is 26.2 Å². The Bertz CT molecular complexity index is 849. The van der Waals surface area contributed by atoms with E-state index >= 15 is 0 Å². The van der Waals surface area contributed by atoms with Crippen LogP contribution in [0.5, 0.6) is 0 Å². The zero-order chi connectivity index (χ0) is 17.3. The monoisotopic (exact) mass is 347 g/mol. The molecule has 1 aliphatic heterocycles. The predicted octanol–water partition coefficient (Wildman–Crippen LogP) is 1.48. The fraction of sp³-hybridized carbons (Fsp3) is 0.353. The molecule has 0 spiro atoms. The summed E-state index contributed by atoms with van der Waals surface area (Å²) < 4.78 is 28.7. The minimum Gasteiger partial charge on any atom is -0.356 e. The van der Waals surface area contributed by atoms with Crippen molar-refractivity contribution < 1.29 is 13.2 Å². The van der Waals surface area contributed by atoms with Crippen molar-refractivity contribution in [3.63, 3.8) is 0 Å². The van der Waals surface area contributed by atoms with Crippen LogP contribution in [0.1, 0.15) is 15.9 Å². The highest BCUT2D eigenvalue weighted by Gasteiger charge is 2.30. The number of aromatic nitrogens is 1. The Morgan fingerprint density at radius 2 is 1.79 bits per heavy atom. The maximum absolute atomic E-state index is 12.7. The summed E-state index contributed by atoms with van der Waals surface area (Å²) in [5.74, 6) is -0.0526. The van der Waals surface area contributed by atoms with E-state index in [9.17, 15) is 13.2 Å². The molecular formula is C17H21N3O3S. The second-order valence-corrected chi connectivity index (χ2v) is 8.02. The molecular weight excluding hydrogens is 326 g/mol. The molecule has 6 nitrogen and oxygen atoms in total. The number of hydrogen-bond acceptors (Lipinski definition) is 3. The molecule has 1 aliphatic rings. The van der Waals surface area contributed by atoms with Crippen LogP contribution in [0.25, 0.3) is 0 Å². The van der Waals surface area contributed by atoms with Crippen LogP contribution >= 0.6 is 0 Å². The molecule has 0 atom stereocenters. The second-order valence-electron chi connectivity index (χ2n) is 6.08. The minimum atomic E-state index is -3.50. The number of rotatable bonds is 3. The molecule has 3 rings (SSSR count). The van der Waals surface area contributed by atoms with Crippen LogP contribution in [-0.2, 0) is 17.1 Å². The number of amides is 1. The Morgan fingerprint density at radius 3 is 2.38 bits per heavy atom. The fourth-order valence-corrected chi connectivity index (χ4v) is 4.40. The predicted molar refractivity (Wildman–Crippen MR) is 91.3 cm³/mol. The van der Waals surface area contributed by atoms with Crippen LogP contribution in [0.2, 0.25) is 0 Å². The number of carbonyl (C=O) groups is 1. The van der Waals surface area contributed by atoms with E-state index in [4.69, 9.17) is 0 Å². The molecule has 7 heteroatoms. The van der Waals surface area contributed by atoms with Crippen LogP contribution in [0, 0.1) is 6.92 Å². The Labute approximate surface area is 142 Å². The molecule has 1 aromatic heterocycles. The lowest BCUT2D eigenvalue weighted by Gasteiger charge is -2.34. The Balaban J connectivity index is 1.69. The summed E-state index contributed by atoms with van der Waals surface area (Å²) in [5, 5.41) is 0. The standard InChI is InChI=1S/C17H21N3O3S/c1-14-4-3-5-16(12-14)24(22,23)20-10-8-19(9-11-20)17(21)15-6-7-18(2)13-15/h3-7,12-13H,8-11H2,1-2H3. The number of sulfonamides is 1. The van der Waals surface area contributed by atoms with Gasteiger partial charge in [-0.1, -0.05) is 12.1 Å². The first kappa shape index (κ1) is 16.7. The third-order valence-corrected chi connectivity index (χ3v) is 6.13. The van der Waals surface area contributed by atoms with Gasteiger partial charge in [0.25, 0.3) is 5.91 Å². The summed E-state index contributed by atoms with van der Waals surface area (Å²) in [4.78, 5) is 14.4. The first-order valence-electron chi connectivity index (χ1n) is 7.86. The van der Waals surface area contributed by atoms with Gasteiger partial charge in [-0.2, -0.15) is 4.31 Å². The summed E-state index contributed by atoms with van der Waals surface area (Å²) in [6.45, 7) is 3.30. The average Bonchev–Trinajstić information content (AvgIpc) is 3.01. The molecule has 1 amide bonds. The van der Waals surface area contributed by atoms with E-state index in [1.54, 1.807) is 35.4 Å². The van der Waals surface area contributed by atoms with Gasteiger partial charge in [0.15, 0.2) is 0 Å². The summed E-state index contributed by atoms with van der Waals surface area (Å²) in [5.41, 5.74) is 1.54. The quantitative estimate of drug-likeness (QED) is 0.845. The van der Waals surface area contributed by atoms with Crippen molar-refractivity contribution in [3.8, 4) is 0 Å². The van der Waals surface area contributed by atoms with E-state index in [2.05, 4.69) is 0 Å². The number of benzene rings is 1. The number of aryl methyl sites for hydroxylation is 2. The van der Waals surface area contributed by atoms with Crippen LogP contribution in [0.4, 0.5) is 0 Å². The average molecular weight is 347 g/mol. The van der Waals surface area contributed by atoms with E-state index in [-0.39, 0.29) is 5.91 Å². The number of nitrogens with zero attached hydrogens (tertiary/aromatic N) is 3. The molecule has 0 bridgehead atoms. The Hall–Kier alpha value is -2.12. The van der Waals surface area contributed by atoms with Crippen LogP contribution in [0.15, 0.2) is 47.6 Å². The highest BCUT2D eigenvalue weighted by molar-refractivity contribution is 7.89. The van der Waals surface area contributed by atoms with Gasteiger partial charge < -0.3 is 9.47 Å². The summed E-state index contributed by atoms with van der Waals surface area (Å²) >= 11 is 0. The van der Waals surface area contributed by atoms with Gasteiger partial charge in [0.1, 0.15) is 0 Å². The van der Waals surface area contributed by atoms with Gasteiger partial charge in [-0.15, -0.1) is 0 Å². The van der Waals surface area contributed by atoms with E-state index in [0.717, 1.165) is 5.56 Å². The highest BCUT2D eigenvalue weighted by atomic mass is 32.2. The molecule has 24 heavy (non-hydrogen) atoms. The van der Waals surface area contributed by atoms with Crippen molar-refractivity contribution in [2.45, 2.75) is 11.8 Å². The van der Waals surface area contributed by atoms with Gasteiger partial charge in [0.05, 0.1) is 10.5 Å². The smallest absolute Gasteiger partial charge is 0.255 e. The lowest BCUT2D eigenvalue weighted by molar-refractivity contribution is 0.0698. The fourth-order valence-electron chi connectivity index (χ4n) is 2.87. The van der Waals surface area contributed by atoms with E-state index in [1.807, 2.05) is 30.8 Å². The third-order valence-electron chi connectivity index (χ3n) is 4.23. The molecule has 0 aliphatic carbocycles. The van der Waals surface area contributed by atoms with Gasteiger partial charge in [-0.25, -0.2) is 8.42 Å². The van der Waals surface area contributed by atoms with Crippen LogP contribution < -0.4 is 0 Å². The number of carbonyl (C=O) groups excluding carboxylic acids is 1. The zero-order valence-electron chi connectivity index (χ0n) is 13.8. The second kappa shape index (κ2) is 6.41. The van der Waals surface area contributed by atoms with Crippen LogP contribution in [0.3, 0.4) is 0 Å². The Morgan fingerprint density at radius 1 is 1.08 bits per heavy atom. The van der Waals surface area contributed by atoms with Crippen molar-refractivity contribution in [3.05, 3.63) is 53.9 Å². The maximum atomic E-state index is 12.7. The van der Waals surface area contributed by atoms with Gasteiger partial charge in [-0.05, 0) is 30.7 Å². The maximum Gasteiger partial charge on any atom is 0.255 e. The van der Waals surface area contributed by atoms with E-state index < -0.39 is 10.0 Å². The summed E-state index contributed by atoms with van der Waals surface area (Å²) in [6, 6.07) is 8.69.